The lowest BCUT2D eigenvalue weighted by molar-refractivity contribution is -0.127. The van der Waals surface area contributed by atoms with Crippen LogP contribution in [0, 0.1) is 11.8 Å². The van der Waals surface area contributed by atoms with Crippen molar-refractivity contribution in [3.05, 3.63) is 11.6 Å². The third-order valence-electron chi connectivity index (χ3n) is 2.88. The van der Waals surface area contributed by atoms with Crippen LogP contribution in [0.15, 0.2) is 11.6 Å². The van der Waals surface area contributed by atoms with E-state index in [2.05, 4.69) is 0 Å². The first-order valence-electron chi connectivity index (χ1n) is 6.27. The highest BCUT2D eigenvalue weighted by Gasteiger charge is 2.29. The van der Waals surface area contributed by atoms with Gasteiger partial charge < -0.3 is 10.2 Å². The number of rotatable bonds is 9. The molecular weight excluding hydrogens is 232 g/mol. The maximum Gasteiger partial charge on any atom is 0.212 e. The molecule has 1 radical (unpaired) electrons. The molecule has 0 heterocycles. The van der Waals surface area contributed by atoms with Crippen LogP contribution in [-0.4, -0.2) is 35.0 Å². The fourth-order valence-electron chi connectivity index (χ4n) is 1.70. The molecule has 4 nitrogen and oxygen atoms in total. The lowest BCUT2D eigenvalue weighted by Crippen LogP contribution is -2.33. The van der Waals surface area contributed by atoms with Crippen LogP contribution in [0.4, 0.5) is 0 Å². The number of carbonyl (C=O) groups is 1. The minimum atomic E-state index is -1.14. The summed E-state index contributed by atoms with van der Waals surface area (Å²) in [6.45, 7) is 5.47. The van der Waals surface area contributed by atoms with E-state index in [4.69, 9.17) is 5.11 Å². The van der Waals surface area contributed by atoms with E-state index in [1.54, 1.807) is 13.2 Å². The average Bonchev–Trinajstić information content (AvgIpc) is 2.29. The normalized spacial score (nSPS) is 15.6. The fraction of sp³-hybridized carbons (Fsp3) is 0.714. The highest BCUT2D eigenvalue weighted by Crippen LogP contribution is 2.17. The Hall–Kier alpha value is -1.00. The van der Waals surface area contributed by atoms with Crippen LogP contribution in [-0.2, 0) is 9.59 Å². The van der Waals surface area contributed by atoms with Crippen LogP contribution in [0.25, 0.3) is 0 Å². The monoisotopic (exact) mass is 255 g/mol. The van der Waals surface area contributed by atoms with Crippen molar-refractivity contribution in [1.29, 1.82) is 0 Å². The Labute approximate surface area is 109 Å². The quantitative estimate of drug-likeness (QED) is 0.482. The first kappa shape index (κ1) is 17.0. The van der Waals surface area contributed by atoms with Crippen molar-refractivity contribution in [1.82, 2.24) is 0 Å². The second-order valence-electron chi connectivity index (χ2n) is 4.84. The van der Waals surface area contributed by atoms with Crippen molar-refractivity contribution in [2.24, 2.45) is 11.8 Å². The molecule has 18 heavy (non-hydrogen) atoms. The Morgan fingerprint density at radius 2 is 1.94 bits per heavy atom. The average molecular weight is 255 g/mol. The highest BCUT2D eigenvalue weighted by molar-refractivity contribution is 5.95. The van der Waals surface area contributed by atoms with Crippen LogP contribution >= 0.6 is 0 Å². The summed E-state index contributed by atoms with van der Waals surface area (Å²) in [5.41, 5.74) is 1.19. The molecule has 0 aromatic heterocycles. The van der Waals surface area contributed by atoms with Crippen molar-refractivity contribution >= 4 is 12.1 Å². The molecule has 0 saturated heterocycles. The van der Waals surface area contributed by atoms with Crippen LogP contribution < -0.4 is 0 Å². The molecule has 0 aliphatic heterocycles. The van der Waals surface area contributed by atoms with Crippen LogP contribution in [0.3, 0.4) is 0 Å². The van der Waals surface area contributed by atoms with Gasteiger partial charge in [0.05, 0.1) is 6.10 Å². The fourth-order valence-corrected chi connectivity index (χ4v) is 1.70. The maximum atomic E-state index is 11.9. The van der Waals surface area contributed by atoms with E-state index in [9.17, 15) is 14.7 Å². The van der Waals surface area contributed by atoms with Gasteiger partial charge in [0.15, 0.2) is 0 Å². The first-order valence-corrected chi connectivity index (χ1v) is 6.27. The van der Waals surface area contributed by atoms with Gasteiger partial charge in [0.2, 0.25) is 6.29 Å². The molecule has 3 unspecified atom stereocenters. The Balaban J connectivity index is 4.40. The smallest absolute Gasteiger partial charge is 0.212 e. The number of Topliss-reactive ketones (excluding diaryl/α,β-unsaturated/α-hetero) is 1. The van der Waals surface area contributed by atoms with Crippen LogP contribution in [0.1, 0.15) is 40.0 Å². The summed E-state index contributed by atoms with van der Waals surface area (Å²) in [5.74, 6) is -1.73. The van der Waals surface area contributed by atoms with Crippen molar-refractivity contribution in [3.8, 4) is 0 Å². The molecule has 2 N–H and O–H groups in total. The molecule has 3 atom stereocenters. The third kappa shape index (κ3) is 6.07. The molecule has 0 aromatic rings. The van der Waals surface area contributed by atoms with Crippen LogP contribution in [0.2, 0.25) is 0 Å². The number of allylic oxidation sites excluding steroid dienone is 2. The lowest BCUT2D eigenvalue weighted by atomic mass is 9.87. The summed E-state index contributed by atoms with van der Waals surface area (Å²) < 4.78 is 0. The van der Waals surface area contributed by atoms with Gasteiger partial charge in [0, 0.05) is 12.5 Å². The summed E-state index contributed by atoms with van der Waals surface area (Å²) in [6.07, 6.45) is 3.93. The summed E-state index contributed by atoms with van der Waals surface area (Å²) in [5, 5.41) is 18.3. The second kappa shape index (κ2) is 9.00. The Morgan fingerprint density at radius 1 is 1.33 bits per heavy atom. The van der Waals surface area contributed by atoms with E-state index in [0.29, 0.717) is 6.42 Å². The molecule has 0 spiro atoms. The summed E-state index contributed by atoms with van der Waals surface area (Å²) in [4.78, 5) is 22.7. The minimum absolute atomic E-state index is 0.0202. The van der Waals surface area contributed by atoms with Gasteiger partial charge in [0.25, 0.3) is 0 Å². The van der Waals surface area contributed by atoms with E-state index < -0.39 is 12.0 Å². The molecule has 0 bridgehead atoms. The van der Waals surface area contributed by atoms with Crippen molar-refractivity contribution < 1.29 is 19.8 Å². The number of aliphatic hydroxyl groups is 2. The van der Waals surface area contributed by atoms with Gasteiger partial charge in [-0.1, -0.05) is 18.6 Å². The largest absolute Gasteiger partial charge is 0.396 e. The van der Waals surface area contributed by atoms with E-state index in [-0.39, 0.29) is 24.7 Å². The lowest BCUT2D eigenvalue weighted by Gasteiger charge is -2.18. The van der Waals surface area contributed by atoms with Gasteiger partial charge in [-0.3, -0.25) is 9.59 Å². The van der Waals surface area contributed by atoms with Crippen LogP contribution in [0.5, 0.6) is 0 Å². The van der Waals surface area contributed by atoms with Crippen molar-refractivity contribution in [3.63, 3.8) is 0 Å². The molecular formula is C14H23O4. The van der Waals surface area contributed by atoms with Gasteiger partial charge in [-0.2, -0.15) is 0 Å². The SMILES string of the molecule is CC(C)=CCCC(C)C(=O)C([C]=O)C(O)CCO. The van der Waals surface area contributed by atoms with Gasteiger partial charge in [-0.15, -0.1) is 0 Å². The molecule has 0 amide bonds. The predicted molar refractivity (Wildman–Crippen MR) is 69.7 cm³/mol. The second-order valence-corrected chi connectivity index (χ2v) is 4.84. The van der Waals surface area contributed by atoms with Gasteiger partial charge >= 0.3 is 0 Å². The summed E-state index contributed by atoms with van der Waals surface area (Å²) >= 11 is 0. The molecule has 0 aromatic carbocycles. The number of hydrogen-bond donors (Lipinski definition) is 2. The Bertz CT molecular complexity index is 292. The summed E-state index contributed by atoms with van der Waals surface area (Å²) in [6, 6.07) is 0. The number of aliphatic hydroxyl groups excluding tert-OH is 2. The molecule has 0 aliphatic rings. The number of hydrogen-bond acceptors (Lipinski definition) is 4. The summed E-state index contributed by atoms with van der Waals surface area (Å²) in [7, 11) is 0. The topological polar surface area (TPSA) is 74.6 Å². The zero-order valence-corrected chi connectivity index (χ0v) is 11.3. The van der Waals surface area contributed by atoms with E-state index in [1.165, 1.54) is 5.57 Å². The van der Waals surface area contributed by atoms with E-state index in [0.717, 1.165) is 6.42 Å². The van der Waals surface area contributed by atoms with E-state index >= 15 is 0 Å². The number of ketones is 1. The van der Waals surface area contributed by atoms with E-state index in [1.807, 2.05) is 19.9 Å². The molecule has 4 heteroatoms. The predicted octanol–water partition coefficient (Wildman–Crippen LogP) is 1.41. The zero-order valence-electron chi connectivity index (χ0n) is 11.3. The minimum Gasteiger partial charge on any atom is -0.396 e. The highest BCUT2D eigenvalue weighted by atomic mass is 16.3. The van der Waals surface area contributed by atoms with Gasteiger partial charge in [-0.25, -0.2) is 0 Å². The molecule has 103 valence electrons. The molecule has 0 aliphatic carbocycles. The first-order chi connectivity index (χ1) is 8.43. The maximum absolute atomic E-state index is 11.9. The Kier molecular flexibility index (Phi) is 8.50. The molecule has 0 saturated carbocycles. The van der Waals surface area contributed by atoms with Gasteiger partial charge in [0.1, 0.15) is 11.7 Å². The van der Waals surface area contributed by atoms with Gasteiger partial charge in [-0.05, 0) is 33.1 Å². The standard InChI is InChI=1S/C14H23O4/c1-10(2)5-4-6-11(3)14(18)12(9-16)13(17)7-8-15/h5,11-13,15,17H,4,6-8H2,1-3H3. The van der Waals surface area contributed by atoms with Crippen molar-refractivity contribution in [2.45, 2.75) is 46.1 Å². The molecule has 0 fully saturated rings. The number of carbonyl (C=O) groups excluding carboxylic acids is 2. The third-order valence-corrected chi connectivity index (χ3v) is 2.88. The molecule has 0 rings (SSSR count). The zero-order chi connectivity index (χ0) is 14.1. The Morgan fingerprint density at radius 3 is 2.39 bits per heavy atom. The van der Waals surface area contributed by atoms with Crippen molar-refractivity contribution in [2.75, 3.05) is 6.61 Å².